The molecule has 6 heteroatoms. The van der Waals surface area contributed by atoms with Crippen LogP contribution in [0, 0.1) is 0 Å². The van der Waals surface area contributed by atoms with Crippen LogP contribution in [-0.2, 0) is 11.2 Å². The van der Waals surface area contributed by atoms with Crippen molar-refractivity contribution in [3.05, 3.63) is 66.5 Å². The van der Waals surface area contributed by atoms with Crippen molar-refractivity contribution >= 4 is 28.7 Å². The van der Waals surface area contributed by atoms with Crippen LogP contribution in [0.5, 0.6) is 0 Å². The Labute approximate surface area is 164 Å². The van der Waals surface area contributed by atoms with Gasteiger partial charge >= 0.3 is 0 Å². The molecular weight excluding hydrogens is 350 g/mol. The van der Waals surface area contributed by atoms with Gasteiger partial charge < -0.3 is 19.9 Å². The van der Waals surface area contributed by atoms with Gasteiger partial charge in [0.1, 0.15) is 18.0 Å². The molecule has 2 aromatic carbocycles. The van der Waals surface area contributed by atoms with Crippen molar-refractivity contribution < 1.29 is 4.74 Å². The molecule has 5 rings (SSSR count). The van der Waals surface area contributed by atoms with E-state index in [1.54, 1.807) is 6.33 Å². The van der Waals surface area contributed by atoms with Gasteiger partial charge in [0.15, 0.2) is 0 Å². The molecule has 3 aromatic rings. The summed E-state index contributed by atoms with van der Waals surface area (Å²) in [5.74, 6) is 1.72. The van der Waals surface area contributed by atoms with Gasteiger partial charge in [0.2, 0.25) is 0 Å². The second-order valence-electron chi connectivity index (χ2n) is 7.03. The topological polar surface area (TPSA) is 53.5 Å². The zero-order valence-electron chi connectivity index (χ0n) is 15.7. The van der Waals surface area contributed by atoms with Crippen molar-refractivity contribution in [2.75, 3.05) is 48.0 Å². The van der Waals surface area contributed by atoms with Crippen LogP contribution in [0.3, 0.4) is 0 Å². The van der Waals surface area contributed by atoms with Crippen LogP contribution in [0.15, 0.2) is 60.9 Å². The Morgan fingerprint density at radius 1 is 0.857 bits per heavy atom. The molecule has 1 aromatic heterocycles. The summed E-state index contributed by atoms with van der Waals surface area (Å²) in [5.41, 5.74) is 4.84. The van der Waals surface area contributed by atoms with Gasteiger partial charge in [-0.2, -0.15) is 0 Å². The van der Waals surface area contributed by atoms with Crippen molar-refractivity contribution in [1.82, 2.24) is 9.97 Å². The highest BCUT2D eigenvalue weighted by Crippen LogP contribution is 2.34. The fourth-order valence-corrected chi connectivity index (χ4v) is 3.94. The van der Waals surface area contributed by atoms with Gasteiger partial charge in [-0.15, -0.1) is 0 Å². The van der Waals surface area contributed by atoms with E-state index in [0.717, 1.165) is 56.6 Å². The molecule has 2 aliphatic heterocycles. The molecule has 28 heavy (non-hydrogen) atoms. The SMILES string of the molecule is c1ccc2c(c1)CCN2c1cc(Nc2ccccc2N2CCOCC2)ncn1. The molecule has 142 valence electrons. The van der Waals surface area contributed by atoms with E-state index in [2.05, 4.69) is 67.5 Å². The molecule has 0 unspecified atom stereocenters. The molecule has 0 atom stereocenters. The van der Waals surface area contributed by atoms with Crippen LogP contribution >= 0.6 is 0 Å². The van der Waals surface area contributed by atoms with E-state index in [-0.39, 0.29) is 0 Å². The second-order valence-corrected chi connectivity index (χ2v) is 7.03. The van der Waals surface area contributed by atoms with Gasteiger partial charge in [-0.25, -0.2) is 9.97 Å². The monoisotopic (exact) mass is 373 g/mol. The van der Waals surface area contributed by atoms with Crippen molar-refractivity contribution in [2.45, 2.75) is 6.42 Å². The van der Waals surface area contributed by atoms with Crippen molar-refractivity contribution in [3.8, 4) is 0 Å². The lowest BCUT2D eigenvalue weighted by Gasteiger charge is -2.30. The summed E-state index contributed by atoms with van der Waals surface area (Å²) in [5, 5.41) is 3.50. The Bertz CT molecular complexity index is 970. The Balaban J connectivity index is 1.41. The number of rotatable bonds is 4. The molecule has 1 N–H and O–H groups in total. The molecule has 0 amide bonds. The van der Waals surface area contributed by atoms with Crippen molar-refractivity contribution in [1.29, 1.82) is 0 Å². The molecule has 0 bridgehead atoms. The van der Waals surface area contributed by atoms with E-state index in [1.165, 1.54) is 16.9 Å². The minimum absolute atomic E-state index is 0.764. The third-order valence-corrected chi connectivity index (χ3v) is 5.33. The zero-order chi connectivity index (χ0) is 18.8. The van der Waals surface area contributed by atoms with Gasteiger partial charge in [0.25, 0.3) is 0 Å². The predicted octanol–water partition coefficient (Wildman–Crippen LogP) is 3.75. The zero-order valence-corrected chi connectivity index (χ0v) is 15.7. The number of nitrogens with one attached hydrogen (secondary N) is 1. The fourth-order valence-electron chi connectivity index (χ4n) is 3.94. The summed E-state index contributed by atoms with van der Waals surface area (Å²) in [6, 6.07) is 18.9. The average molecular weight is 373 g/mol. The molecule has 6 nitrogen and oxygen atoms in total. The van der Waals surface area contributed by atoms with E-state index in [4.69, 9.17) is 4.74 Å². The third kappa shape index (κ3) is 3.27. The molecule has 3 heterocycles. The maximum Gasteiger partial charge on any atom is 0.138 e. The molecule has 0 saturated carbocycles. The van der Waals surface area contributed by atoms with E-state index >= 15 is 0 Å². The van der Waals surface area contributed by atoms with Crippen LogP contribution in [-0.4, -0.2) is 42.8 Å². The molecule has 1 fully saturated rings. The van der Waals surface area contributed by atoms with Gasteiger partial charge in [-0.3, -0.25) is 0 Å². The Hall–Kier alpha value is -3.12. The number of fused-ring (bicyclic) bond motifs is 1. The first-order chi connectivity index (χ1) is 13.9. The van der Waals surface area contributed by atoms with Gasteiger partial charge in [-0.1, -0.05) is 30.3 Å². The lowest BCUT2D eigenvalue weighted by molar-refractivity contribution is 0.123. The van der Waals surface area contributed by atoms with Gasteiger partial charge in [-0.05, 0) is 30.2 Å². The summed E-state index contributed by atoms with van der Waals surface area (Å²) in [6.45, 7) is 4.28. The average Bonchev–Trinajstić information content (AvgIpc) is 3.19. The van der Waals surface area contributed by atoms with Crippen LogP contribution in [0.2, 0.25) is 0 Å². The smallest absolute Gasteiger partial charge is 0.138 e. The summed E-state index contributed by atoms with van der Waals surface area (Å²) < 4.78 is 5.49. The van der Waals surface area contributed by atoms with E-state index in [0.29, 0.717) is 0 Å². The van der Waals surface area contributed by atoms with Gasteiger partial charge in [0.05, 0.1) is 24.6 Å². The third-order valence-electron chi connectivity index (χ3n) is 5.33. The molecule has 1 saturated heterocycles. The lowest BCUT2D eigenvalue weighted by Crippen LogP contribution is -2.36. The lowest BCUT2D eigenvalue weighted by atomic mass is 10.2. The Morgan fingerprint density at radius 3 is 2.54 bits per heavy atom. The number of morpholine rings is 1. The molecule has 0 spiro atoms. The molecular formula is C22H23N5O. The Kier molecular flexibility index (Phi) is 4.54. The highest BCUT2D eigenvalue weighted by molar-refractivity contribution is 5.76. The normalized spacial score (nSPS) is 16.1. The summed E-state index contributed by atoms with van der Waals surface area (Å²) >= 11 is 0. The van der Waals surface area contributed by atoms with Crippen molar-refractivity contribution in [2.24, 2.45) is 0 Å². The number of hydrogen-bond donors (Lipinski definition) is 1. The quantitative estimate of drug-likeness (QED) is 0.752. The number of para-hydroxylation sites is 3. The van der Waals surface area contributed by atoms with Crippen molar-refractivity contribution in [3.63, 3.8) is 0 Å². The molecule has 0 radical (unpaired) electrons. The number of nitrogens with zero attached hydrogens (tertiary/aromatic N) is 4. The number of aromatic nitrogens is 2. The fraction of sp³-hybridized carbons (Fsp3) is 0.273. The van der Waals surface area contributed by atoms with Crippen LogP contribution in [0.4, 0.5) is 28.7 Å². The Morgan fingerprint density at radius 2 is 1.64 bits per heavy atom. The molecule has 2 aliphatic rings. The number of benzene rings is 2. The predicted molar refractivity (Wildman–Crippen MR) is 112 cm³/mol. The van der Waals surface area contributed by atoms with Gasteiger partial charge in [0, 0.05) is 31.4 Å². The first kappa shape index (κ1) is 17.0. The number of anilines is 5. The van der Waals surface area contributed by atoms with Crippen LogP contribution < -0.4 is 15.1 Å². The minimum atomic E-state index is 0.764. The molecule has 0 aliphatic carbocycles. The first-order valence-electron chi connectivity index (χ1n) is 9.75. The summed E-state index contributed by atoms with van der Waals surface area (Å²) in [4.78, 5) is 13.6. The highest BCUT2D eigenvalue weighted by atomic mass is 16.5. The summed E-state index contributed by atoms with van der Waals surface area (Å²) in [6.07, 6.45) is 2.68. The first-order valence-corrected chi connectivity index (χ1v) is 9.75. The van der Waals surface area contributed by atoms with Crippen LogP contribution in [0.25, 0.3) is 0 Å². The second kappa shape index (κ2) is 7.48. The standard InChI is InChI=1S/C22H23N5O/c1-3-7-19-17(5-1)9-10-27(19)22-15-21(23-16-24-22)25-18-6-2-4-8-20(18)26-11-13-28-14-12-26/h1-8,15-16H,9-14H2,(H,23,24,25). The number of hydrogen-bond acceptors (Lipinski definition) is 6. The largest absolute Gasteiger partial charge is 0.378 e. The minimum Gasteiger partial charge on any atom is -0.378 e. The van der Waals surface area contributed by atoms with E-state index in [1.807, 2.05) is 12.1 Å². The maximum absolute atomic E-state index is 5.49. The number of ether oxygens (including phenoxy) is 1. The highest BCUT2D eigenvalue weighted by Gasteiger charge is 2.21. The van der Waals surface area contributed by atoms with E-state index in [9.17, 15) is 0 Å². The van der Waals surface area contributed by atoms with E-state index < -0.39 is 0 Å². The van der Waals surface area contributed by atoms with Crippen LogP contribution in [0.1, 0.15) is 5.56 Å². The summed E-state index contributed by atoms with van der Waals surface area (Å²) in [7, 11) is 0. The maximum atomic E-state index is 5.49.